The average Bonchev–Trinajstić information content (AvgIpc) is 2.84. The fourth-order valence-electron chi connectivity index (χ4n) is 3.02. The predicted octanol–water partition coefficient (Wildman–Crippen LogP) is 1.58. The molecule has 0 saturated carbocycles. The molecule has 4 heteroatoms. The number of amides is 1. The van der Waals surface area contributed by atoms with Crippen molar-refractivity contribution in [1.82, 2.24) is 4.90 Å². The van der Waals surface area contributed by atoms with Crippen LogP contribution in [0.1, 0.15) is 24.5 Å². The van der Waals surface area contributed by atoms with Crippen molar-refractivity contribution in [2.75, 3.05) is 18.9 Å². The topological polar surface area (TPSA) is 55.6 Å². The number of nitrogens with two attached hydrogens (primary N) is 1. The Morgan fingerprint density at radius 2 is 2.32 bits per heavy atom. The molecule has 0 spiro atoms. The number of hydrogen-bond donors (Lipinski definition) is 1. The Balaban J connectivity index is 1.77. The third-order valence-corrected chi connectivity index (χ3v) is 4.24. The average molecular weight is 260 g/mol. The van der Waals surface area contributed by atoms with E-state index in [1.165, 1.54) is 11.1 Å². The van der Waals surface area contributed by atoms with E-state index >= 15 is 0 Å². The minimum atomic E-state index is -0.248. The zero-order chi connectivity index (χ0) is 13.4. The standard InChI is InChI=1S/C15H20N2O2/c1-10-6-8-19-14(10)15(18)17-7-5-12-11(9-17)3-2-4-13(12)16/h2-4,10,14H,5-9,16H2,1H3. The lowest BCUT2D eigenvalue weighted by Gasteiger charge is -2.32. The zero-order valence-corrected chi connectivity index (χ0v) is 11.3. The van der Waals surface area contributed by atoms with Gasteiger partial charge in [0.25, 0.3) is 5.91 Å². The third kappa shape index (κ3) is 2.21. The van der Waals surface area contributed by atoms with Gasteiger partial charge in [0.15, 0.2) is 0 Å². The van der Waals surface area contributed by atoms with Gasteiger partial charge >= 0.3 is 0 Å². The van der Waals surface area contributed by atoms with Gasteiger partial charge in [-0.1, -0.05) is 19.1 Å². The highest BCUT2D eigenvalue weighted by Gasteiger charge is 2.35. The van der Waals surface area contributed by atoms with Gasteiger partial charge in [0, 0.05) is 25.4 Å². The van der Waals surface area contributed by atoms with E-state index in [4.69, 9.17) is 10.5 Å². The molecule has 1 aromatic carbocycles. The fraction of sp³-hybridized carbons (Fsp3) is 0.533. The molecule has 3 rings (SSSR count). The Kier molecular flexibility index (Phi) is 3.19. The highest BCUT2D eigenvalue weighted by molar-refractivity contribution is 5.82. The maximum absolute atomic E-state index is 12.5. The zero-order valence-electron chi connectivity index (χ0n) is 11.3. The maximum Gasteiger partial charge on any atom is 0.252 e. The first kappa shape index (κ1) is 12.5. The summed E-state index contributed by atoms with van der Waals surface area (Å²) in [5.41, 5.74) is 9.19. The summed E-state index contributed by atoms with van der Waals surface area (Å²) in [7, 11) is 0. The quantitative estimate of drug-likeness (QED) is 0.780. The molecule has 0 bridgehead atoms. The van der Waals surface area contributed by atoms with Crippen LogP contribution in [0.4, 0.5) is 5.69 Å². The van der Waals surface area contributed by atoms with Gasteiger partial charge in [-0.15, -0.1) is 0 Å². The molecule has 1 amide bonds. The van der Waals surface area contributed by atoms with E-state index in [1.54, 1.807) is 0 Å². The molecule has 2 atom stereocenters. The number of fused-ring (bicyclic) bond motifs is 1. The fourth-order valence-corrected chi connectivity index (χ4v) is 3.02. The lowest BCUT2D eigenvalue weighted by Crippen LogP contribution is -2.43. The largest absolute Gasteiger partial charge is 0.398 e. The van der Waals surface area contributed by atoms with Crippen molar-refractivity contribution in [2.24, 2.45) is 5.92 Å². The van der Waals surface area contributed by atoms with Crippen molar-refractivity contribution >= 4 is 11.6 Å². The molecular weight excluding hydrogens is 240 g/mol. The minimum Gasteiger partial charge on any atom is -0.398 e. The van der Waals surface area contributed by atoms with Crippen molar-refractivity contribution in [3.05, 3.63) is 29.3 Å². The molecule has 0 radical (unpaired) electrons. The molecule has 2 N–H and O–H groups in total. The summed E-state index contributed by atoms with van der Waals surface area (Å²) in [6.45, 7) is 4.19. The molecule has 1 aromatic rings. The molecular formula is C15H20N2O2. The number of nitrogen functional groups attached to an aromatic ring is 1. The summed E-state index contributed by atoms with van der Waals surface area (Å²) in [5.74, 6) is 0.466. The van der Waals surface area contributed by atoms with Gasteiger partial charge in [0.1, 0.15) is 6.10 Å². The highest BCUT2D eigenvalue weighted by atomic mass is 16.5. The van der Waals surface area contributed by atoms with Gasteiger partial charge < -0.3 is 15.4 Å². The molecule has 19 heavy (non-hydrogen) atoms. The Bertz CT molecular complexity index is 501. The third-order valence-electron chi connectivity index (χ3n) is 4.24. The van der Waals surface area contributed by atoms with E-state index < -0.39 is 0 Å². The minimum absolute atomic E-state index is 0.137. The Morgan fingerprint density at radius 1 is 1.47 bits per heavy atom. The second kappa shape index (κ2) is 4.85. The number of nitrogens with zero attached hydrogens (tertiary/aromatic N) is 1. The molecule has 2 heterocycles. The van der Waals surface area contributed by atoms with Crippen molar-refractivity contribution < 1.29 is 9.53 Å². The number of hydrogen-bond acceptors (Lipinski definition) is 3. The number of ether oxygens (including phenoxy) is 1. The molecule has 0 aromatic heterocycles. The summed E-state index contributed by atoms with van der Waals surface area (Å²) >= 11 is 0. The lowest BCUT2D eigenvalue weighted by atomic mass is 9.96. The van der Waals surface area contributed by atoms with Crippen LogP contribution in [0.3, 0.4) is 0 Å². The van der Waals surface area contributed by atoms with Gasteiger partial charge in [-0.2, -0.15) is 0 Å². The van der Waals surface area contributed by atoms with Crippen LogP contribution in [0.2, 0.25) is 0 Å². The van der Waals surface area contributed by atoms with Crippen molar-refractivity contribution in [3.63, 3.8) is 0 Å². The number of benzene rings is 1. The number of carbonyl (C=O) groups is 1. The van der Waals surface area contributed by atoms with Crippen LogP contribution >= 0.6 is 0 Å². The van der Waals surface area contributed by atoms with Gasteiger partial charge in [-0.3, -0.25) is 4.79 Å². The second-order valence-electron chi connectivity index (χ2n) is 5.55. The number of anilines is 1. The monoisotopic (exact) mass is 260 g/mol. The number of carbonyl (C=O) groups excluding carboxylic acids is 1. The van der Waals surface area contributed by atoms with Crippen molar-refractivity contribution in [1.29, 1.82) is 0 Å². The summed E-state index contributed by atoms with van der Waals surface area (Å²) in [5, 5.41) is 0. The molecule has 0 aliphatic carbocycles. The summed E-state index contributed by atoms with van der Waals surface area (Å²) < 4.78 is 5.58. The van der Waals surface area contributed by atoms with Crippen molar-refractivity contribution in [3.8, 4) is 0 Å². The second-order valence-corrected chi connectivity index (χ2v) is 5.55. The van der Waals surface area contributed by atoms with Crippen LogP contribution < -0.4 is 5.73 Å². The van der Waals surface area contributed by atoms with Gasteiger partial charge in [-0.25, -0.2) is 0 Å². The van der Waals surface area contributed by atoms with Crippen LogP contribution in [-0.2, 0) is 22.5 Å². The highest BCUT2D eigenvalue weighted by Crippen LogP contribution is 2.27. The smallest absolute Gasteiger partial charge is 0.252 e. The molecule has 2 aliphatic rings. The Morgan fingerprint density at radius 3 is 3.05 bits per heavy atom. The van der Waals surface area contributed by atoms with Crippen LogP contribution in [-0.4, -0.2) is 30.1 Å². The first-order valence-corrected chi connectivity index (χ1v) is 6.93. The summed E-state index contributed by atoms with van der Waals surface area (Å²) in [4.78, 5) is 14.4. The maximum atomic E-state index is 12.5. The van der Waals surface area contributed by atoms with E-state index in [2.05, 4.69) is 13.0 Å². The van der Waals surface area contributed by atoms with Gasteiger partial charge in [-0.05, 0) is 36.0 Å². The van der Waals surface area contributed by atoms with E-state index in [1.807, 2.05) is 17.0 Å². The van der Waals surface area contributed by atoms with Gasteiger partial charge in [0.05, 0.1) is 0 Å². The van der Waals surface area contributed by atoms with E-state index in [9.17, 15) is 4.79 Å². The van der Waals surface area contributed by atoms with Crippen LogP contribution in [0.25, 0.3) is 0 Å². The molecule has 102 valence electrons. The Labute approximate surface area is 113 Å². The van der Waals surface area contributed by atoms with E-state index in [0.29, 0.717) is 19.1 Å². The van der Waals surface area contributed by atoms with Crippen LogP contribution in [0.5, 0.6) is 0 Å². The van der Waals surface area contributed by atoms with Gasteiger partial charge in [0.2, 0.25) is 0 Å². The summed E-state index contributed by atoms with van der Waals surface area (Å²) in [6, 6.07) is 5.94. The lowest BCUT2D eigenvalue weighted by molar-refractivity contribution is -0.143. The molecule has 4 nitrogen and oxygen atoms in total. The Hall–Kier alpha value is -1.55. The van der Waals surface area contributed by atoms with E-state index in [-0.39, 0.29) is 12.0 Å². The molecule has 2 aliphatic heterocycles. The van der Waals surface area contributed by atoms with Crippen molar-refractivity contribution in [2.45, 2.75) is 32.4 Å². The first-order valence-electron chi connectivity index (χ1n) is 6.93. The van der Waals surface area contributed by atoms with E-state index in [0.717, 1.165) is 25.1 Å². The first-order chi connectivity index (χ1) is 9.16. The summed E-state index contributed by atoms with van der Waals surface area (Å²) in [6.07, 6.45) is 1.57. The van der Waals surface area contributed by atoms with Crippen LogP contribution in [0, 0.1) is 5.92 Å². The molecule has 1 fully saturated rings. The predicted molar refractivity (Wildman–Crippen MR) is 73.5 cm³/mol. The number of rotatable bonds is 1. The van der Waals surface area contributed by atoms with Crippen LogP contribution in [0.15, 0.2) is 18.2 Å². The molecule has 2 unspecified atom stereocenters. The SMILES string of the molecule is CC1CCOC1C(=O)N1CCc2c(N)cccc2C1. The normalized spacial score (nSPS) is 26.3. The molecule has 1 saturated heterocycles.